The fourth-order valence-electron chi connectivity index (χ4n) is 2.25. The van der Waals surface area contributed by atoms with Crippen molar-refractivity contribution in [3.8, 4) is 0 Å². The lowest BCUT2D eigenvalue weighted by atomic mass is 10.0. The summed E-state index contributed by atoms with van der Waals surface area (Å²) in [7, 11) is 2.05. The van der Waals surface area contributed by atoms with Crippen molar-refractivity contribution in [2.45, 2.75) is 26.3 Å². The molecular weight excluding hydrogens is 349 g/mol. The van der Waals surface area contributed by atoms with E-state index in [4.69, 9.17) is 0 Å². The molecule has 0 bridgehead atoms. The van der Waals surface area contributed by atoms with Crippen molar-refractivity contribution in [3.63, 3.8) is 0 Å². The van der Waals surface area contributed by atoms with Crippen LogP contribution in [0.15, 0.2) is 30.6 Å². The SMILES string of the molecule is CCNC(Cc1nccn1C)c1cccc(C)c1I. The van der Waals surface area contributed by atoms with Crippen LogP contribution >= 0.6 is 22.6 Å². The quantitative estimate of drug-likeness (QED) is 0.821. The van der Waals surface area contributed by atoms with Gasteiger partial charge in [-0.2, -0.15) is 0 Å². The number of rotatable bonds is 5. The van der Waals surface area contributed by atoms with Crippen LogP contribution < -0.4 is 5.32 Å². The van der Waals surface area contributed by atoms with Gasteiger partial charge in [-0.1, -0.05) is 25.1 Å². The summed E-state index contributed by atoms with van der Waals surface area (Å²) in [6.45, 7) is 5.27. The van der Waals surface area contributed by atoms with E-state index >= 15 is 0 Å². The van der Waals surface area contributed by atoms with Crippen LogP contribution in [-0.2, 0) is 13.5 Å². The van der Waals surface area contributed by atoms with Gasteiger partial charge < -0.3 is 9.88 Å². The van der Waals surface area contributed by atoms with Crippen molar-refractivity contribution in [1.82, 2.24) is 14.9 Å². The predicted octanol–water partition coefficient (Wildman–Crippen LogP) is 3.23. The van der Waals surface area contributed by atoms with E-state index in [1.165, 1.54) is 14.7 Å². The molecule has 0 saturated heterocycles. The first kappa shape index (κ1) is 14.5. The summed E-state index contributed by atoms with van der Waals surface area (Å²) in [5.74, 6) is 1.11. The van der Waals surface area contributed by atoms with Crippen LogP contribution in [0.2, 0.25) is 0 Å². The third-order valence-electron chi connectivity index (χ3n) is 3.36. The van der Waals surface area contributed by atoms with Gasteiger partial charge in [0.2, 0.25) is 0 Å². The van der Waals surface area contributed by atoms with Gasteiger partial charge in [0.1, 0.15) is 5.82 Å². The maximum Gasteiger partial charge on any atom is 0.110 e. The maximum atomic E-state index is 4.44. The standard InChI is InChI=1S/C15H20IN3/c1-4-17-13(10-14-18-8-9-19(14)3)12-7-5-6-11(2)15(12)16/h5-9,13,17H,4,10H2,1-3H3. The average molecular weight is 369 g/mol. The smallest absolute Gasteiger partial charge is 0.110 e. The first-order valence-electron chi connectivity index (χ1n) is 6.58. The Bertz CT molecular complexity index is 548. The van der Waals surface area contributed by atoms with Gasteiger partial charge in [0, 0.05) is 35.5 Å². The highest BCUT2D eigenvalue weighted by Gasteiger charge is 2.16. The first-order valence-corrected chi connectivity index (χ1v) is 7.66. The Kier molecular flexibility index (Phi) is 4.99. The molecule has 0 saturated carbocycles. The van der Waals surface area contributed by atoms with Crippen LogP contribution in [0.3, 0.4) is 0 Å². The molecule has 19 heavy (non-hydrogen) atoms. The summed E-state index contributed by atoms with van der Waals surface area (Å²) in [6.07, 6.45) is 4.77. The highest BCUT2D eigenvalue weighted by Crippen LogP contribution is 2.25. The number of nitrogens with one attached hydrogen (secondary N) is 1. The topological polar surface area (TPSA) is 29.9 Å². The van der Waals surface area contributed by atoms with Crippen molar-refractivity contribution in [3.05, 3.63) is 51.1 Å². The van der Waals surface area contributed by atoms with E-state index in [0.29, 0.717) is 6.04 Å². The van der Waals surface area contributed by atoms with E-state index in [1.807, 2.05) is 19.4 Å². The van der Waals surface area contributed by atoms with Crippen LogP contribution in [0.5, 0.6) is 0 Å². The maximum absolute atomic E-state index is 4.44. The van der Waals surface area contributed by atoms with E-state index < -0.39 is 0 Å². The number of likely N-dealkylation sites (N-methyl/N-ethyl adjacent to an activating group) is 1. The molecule has 2 rings (SSSR count). The van der Waals surface area contributed by atoms with E-state index in [9.17, 15) is 0 Å². The largest absolute Gasteiger partial charge is 0.338 e. The van der Waals surface area contributed by atoms with Gasteiger partial charge in [0.05, 0.1) is 0 Å². The van der Waals surface area contributed by atoms with Crippen molar-refractivity contribution >= 4 is 22.6 Å². The minimum atomic E-state index is 0.318. The van der Waals surface area contributed by atoms with Crippen LogP contribution in [-0.4, -0.2) is 16.1 Å². The molecule has 0 spiro atoms. The summed E-state index contributed by atoms with van der Waals surface area (Å²) in [4.78, 5) is 4.44. The van der Waals surface area contributed by atoms with Gasteiger partial charge >= 0.3 is 0 Å². The van der Waals surface area contributed by atoms with Crippen LogP contribution in [0, 0.1) is 10.5 Å². The van der Waals surface area contributed by atoms with Gasteiger partial charge in [-0.05, 0) is 47.2 Å². The van der Waals surface area contributed by atoms with Crippen molar-refractivity contribution in [2.75, 3.05) is 6.54 Å². The zero-order chi connectivity index (χ0) is 13.8. The van der Waals surface area contributed by atoms with Gasteiger partial charge in [0.15, 0.2) is 0 Å². The molecule has 0 aliphatic carbocycles. The fraction of sp³-hybridized carbons (Fsp3) is 0.400. The third-order valence-corrected chi connectivity index (χ3v) is 4.83. The monoisotopic (exact) mass is 369 g/mol. The van der Waals surface area contributed by atoms with Gasteiger partial charge in [-0.25, -0.2) is 4.98 Å². The first-order chi connectivity index (χ1) is 9.13. The highest BCUT2D eigenvalue weighted by atomic mass is 127. The fourth-order valence-corrected chi connectivity index (χ4v) is 2.99. The molecule has 3 nitrogen and oxygen atoms in total. The molecule has 1 heterocycles. The summed E-state index contributed by atoms with van der Waals surface area (Å²) < 4.78 is 3.44. The van der Waals surface area contributed by atoms with E-state index in [1.54, 1.807) is 0 Å². The molecule has 1 atom stereocenters. The highest BCUT2D eigenvalue weighted by molar-refractivity contribution is 14.1. The predicted molar refractivity (Wildman–Crippen MR) is 87.2 cm³/mol. The Hall–Kier alpha value is -0.880. The third kappa shape index (κ3) is 3.36. The lowest BCUT2D eigenvalue weighted by Crippen LogP contribution is -2.25. The molecule has 1 aromatic carbocycles. The second-order valence-electron chi connectivity index (χ2n) is 4.75. The minimum absolute atomic E-state index is 0.318. The molecular formula is C15H20IN3. The number of aromatic nitrogens is 2. The number of nitrogens with zero attached hydrogens (tertiary/aromatic N) is 2. The average Bonchev–Trinajstić information content (AvgIpc) is 2.78. The molecule has 0 radical (unpaired) electrons. The minimum Gasteiger partial charge on any atom is -0.338 e. The normalized spacial score (nSPS) is 12.6. The van der Waals surface area contributed by atoms with Crippen molar-refractivity contribution in [1.29, 1.82) is 0 Å². The number of imidazole rings is 1. The van der Waals surface area contributed by atoms with Crippen LogP contribution in [0.4, 0.5) is 0 Å². The number of hydrogen-bond acceptors (Lipinski definition) is 2. The molecule has 0 aliphatic rings. The lowest BCUT2D eigenvalue weighted by molar-refractivity contribution is 0.527. The van der Waals surface area contributed by atoms with Crippen LogP contribution in [0.1, 0.15) is 29.9 Å². The van der Waals surface area contributed by atoms with Crippen molar-refractivity contribution < 1.29 is 0 Å². The number of hydrogen-bond donors (Lipinski definition) is 1. The molecule has 0 aliphatic heterocycles. The van der Waals surface area contributed by atoms with Gasteiger partial charge in [0.25, 0.3) is 0 Å². The van der Waals surface area contributed by atoms with Crippen molar-refractivity contribution in [2.24, 2.45) is 7.05 Å². The Labute approximate surface area is 128 Å². The van der Waals surface area contributed by atoms with Gasteiger partial charge in [-0.15, -0.1) is 0 Å². The molecule has 1 N–H and O–H groups in total. The van der Waals surface area contributed by atoms with E-state index in [2.05, 4.69) is 69.5 Å². The second kappa shape index (κ2) is 6.52. The zero-order valence-electron chi connectivity index (χ0n) is 11.7. The molecule has 0 fully saturated rings. The second-order valence-corrected chi connectivity index (χ2v) is 5.83. The molecule has 4 heteroatoms. The Morgan fingerprint density at radius 2 is 2.21 bits per heavy atom. The number of benzene rings is 1. The Morgan fingerprint density at radius 3 is 2.84 bits per heavy atom. The molecule has 1 aromatic heterocycles. The summed E-state index contributed by atoms with van der Waals surface area (Å²) in [6, 6.07) is 6.83. The molecule has 1 unspecified atom stereocenters. The van der Waals surface area contributed by atoms with Crippen LogP contribution in [0.25, 0.3) is 0 Å². The lowest BCUT2D eigenvalue weighted by Gasteiger charge is -2.20. The van der Waals surface area contributed by atoms with E-state index in [-0.39, 0.29) is 0 Å². The number of halogens is 1. The number of aryl methyl sites for hydroxylation is 2. The summed E-state index contributed by atoms with van der Waals surface area (Å²) in [5.41, 5.74) is 2.70. The Morgan fingerprint density at radius 1 is 1.42 bits per heavy atom. The molecule has 0 amide bonds. The summed E-state index contributed by atoms with van der Waals surface area (Å²) in [5, 5.41) is 3.57. The zero-order valence-corrected chi connectivity index (χ0v) is 13.8. The molecule has 2 aromatic rings. The van der Waals surface area contributed by atoms with Gasteiger partial charge in [-0.3, -0.25) is 0 Å². The van der Waals surface area contributed by atoms with E-state index in [0.717, 1.165) is 18.8 Å². The molecule has 102 valence electrons. The Balaban J connectivity index is 2.29. The summed E-state index contributed by atoms with van der Waals surface area (Å²) >= 11 is 2.44.